The largest absolute Gasteiger partial charge is 0.495 e. The zero-order valence-corrected chi connectivity index (χ0v) is 24.9. The lowest BCUT2D eigenvalue weighted by molar-refractivity contribution is 0.250. The van der Waals surface area contributed by atoms with Gasteiger partial charge in [0.15, 0.2) is 5.82 Å². The first kappa shape index (κ1) is 27.7. The minimum Gasteiger partial charge on any atom is -0.495 e. The molecule has 216 valence electrons. The van der Waals surface area contributed by atoms with E-state index in [9.17, 15) is 4.79 Å². The first-order valence-corrected chi connectivity index (χ1v) is 14.4. The molecule has 9 nitrogen and oxygen atoms in total. The summed E-state index contributed by atoms with van der Waals surface area (Å²) in [6.07, 6.45) is 4.04. The van der Waals surface area contributed by atoms with Gasteiger partial charge >= 0.3 is 6.03 Å². The summed E-state index contributed by atoms with van der Waals surface area (Å²) in [7, 11) is 3.76. The number of urea groups is 1. The highest BCUT2D eigenvalue weighted by Crippen LogP contribution is 2.43. The number of pyridine rings is 1. The molecule has 0 aliphatic carbocycles. The molecule has 1 atom stereocenters. The molecule has 2 aliphatic rings. The fourth-order valence-electron chi connectivity index (χ4n) is 5.86. The lowest BCUT2D eigenvalue weighted by atomic mass is 10.0. The smallest absolute Gasteiger partial charge is 0.336 e. The van der Waals surface area contributed by atoms with Crippen LogP contribution in [0.1, 0.15) is 41.0 Å². The number of nitrogens with zero attached hydrogens (tertiary/aromatic N) is 7. The number of aryl methyl sites for hydroxylation is 2. The fraction of sp³-hybridized carbons (Fsp3) is 0.333. The molecule has 2 amide bonds. The molecule has 0 N–H and O–H groups in total. The van der Waals surface area contributed by atoms with Crippen LogP contribution in [0.15, 0.2) is 67.0 Å². The van der Waals surface area contributed by atoms with E-state index in [0.717, 1.165) is 54.1 Å². The SMILES string of the molecule is COc1ccc(N2C(=O)N(c3c(C)cccc3C)C(C)c3cnc(Cc4ccc(N5CCN(C)CC5)cc4)nc32)nc1. The number of benzene rings is 2. The van der Waals surface area contributed by atoms with Crippen molar-refractivity contribution in [2.24, 2.45) is 0 Å². The van der Waals surface area contributed by atoms with Crippen molar-refractivity contribution in [1.82, 2.24) is 19.9 Å². The monoisotopic (exact) mass is 563 g/mol. The van der Waals surface area contributed by atoms with Crippen molar-refractivity contribution in [2.45, 2.75) is 33.2 Å². The van der Waals surface area contributed by atoms with E-state index in [0.29, 0.717) is 29.6 Å². The number of hydrogen-bond donors (Lipinski definition) is 0. The highest BCUT2D eigenvalue weighted by molar-refractivity contribution is 6.11. The van der Waals surface area contributed by atoms with Crippen molar-refractivity contribution in [3.63, 3.8) is 0 Å². The zero-order valence-electron chi connectivity index (χ0n) is 24.9. The van der Waals surface area contributed by atoms with Gasteiger partial charge in [0.05, 0.1) is 25.0 Å². The standard InChI is InChI=1S/C33H37N7O2/c1-22-7-6-8-23(2)31(22)39-24(3)28-21-34-29(19-25-9-11-26(12-10-25)38-17-15-37(4)16-18-38)36-32(28)40(33(39)41)30-14-13-27(42-5)20-35-30/h6-14,20-21,24H,15-19H2,1-5H3. The van der Waals surface area contributed by atoms with Crippen molar-refractivity contribution in [3.05, 3.63) is 95.1 Å². The fourth-order valence-corrected chi connectivity index (χ4v) is 5.86. The summed E-state index contributed by atoms with van der Waals surface area (Å²) in [6.45, 7) is 10.3. The minimum atomic E-state index is -0.265. The number of methoxy groups -OCH3 is 1. The Hall–Kier alpha value is -4.50. The number of amides is 2. The summed E-state index contributed by atoms with van der Waals surface area (Å²) in [5.74, 6) is 2.31. The molecule has 1 fully saturated rings. The molecule has 42 heavy (non-hydrogen) atoms. The quantitative estimate of drug-likeness (QED) is 0.299. The molecule has 9 heteroatoms. The Kier molecular flexibility index (Phi) is 7.51. The van der Waals surface area contributed by atoms with Gasteiger partial charge in [-0.15, -0.1) is 0 Å². The minimum absolute atomic E-state index is 0.203. The van der Waals surface area contributed by atoms with E-state index in [1.165, 1.54) is 5.69 Å². The molecule has 2 aliphatic heterocycles. The van der Waals surface area contributed by atoms with Crippen LogP contribution < -0.4 is 19.4 Å². The number of carbonyl (C=O) groups is 1. The normalized spacial score (nSPS) is 17.4. The number of anilines is 4. The van der Waals surface area contributed by atoms with Crippen LogP contribution in [0.3, 0.4) is 0 Å². The van der Waals surface area contributed by atoms with Crippen LogP contribution in [0, 0.1) is 13.8 Å². The number of aromatic nitrogens is 3. The van der Waals surface area contributed by atoms with Gasteiger partial charge in [0, 0.05) is 50.0 Å². The van der Waals surface area contributed by atoms with Crippen LogP contribution in [0.4, 0.5) is 27.8 Å². The number of carbonyl (C=O) groups excluding carboxylic acids is 1. The van der Waals surface area contributed by atoms with Gasteiger partial charge in [-0.1, -0.05) is 30.3 Å². The topological polar surface area (TPSA) is 77.9 Å². The summed E-state index contributed by atoms with van der Waals surface area (Å²) in [5.41, 5.74) is 6.17. The number of para-hydroxylation sites is 1. The molecule has 0 saturated carbocycles. The molecule has 2 aromatic carbocycles. The maximum atomic E-state index is 14.3. The number of ether oxygens (including phenoxy) is 1. The van der Waals surface area contributed by atoms with Crippen molar-refractivity contribution in [1.29, 1.82) is 0 Å². The Balaban J connectivity index is 1.35. The third kappa shape index (κ3) is 5.16. The van der Waals surface area contributed by atoms with Gasteiger partial charge in [0.2, 0.25) is 0 Å². The van der Waals surface area contributed by atoms with Crippen LogP contribution in [-0.2, 0) is 6.42 Å². The molecular formula is C33H37N7O2. The lowest BCUT2D eigenvalue weighted by Crippen LogP contribution is -2.48. The highest BCUT2D eigenvalue weighted by atomic mass is 16.5. The Morgan fingerprint density at radius 3 is 2.26 bits per heavy atom. The maximum absolute atomic E-state index is 14.3. The van der Waals surface area contributed by atoms with Gasteiger partial charge in [0.25, 0.3) is 0 Å². The average Bonchev–Trinajstić information content (AvgIpc) is 3.00. The number of piperazine rings is 1. The molecule has 6 rings (SSSR count). The van der Waals surface area contributed by atoms with Crippen LogP contribution in [0.2, 0.25) is 0 Å². The number of fused-ring (bicyclic) bond motifs is 1. The molecular weight excluding hydrogens is 526 g/mol. The second kappa shape index (κ2) is 11.4. The van der Waals surface area contributed by atoms with E-state index in [4.69, 9.17) is 14.7 Å². The molecule has 0 spiro atoms. The molecule has 1 unspecified atom stereocenters. The third-order valence-corrected chi connectivity index (χ3v) is 8.33. The van der Waals surface area contributed by atoms with E-state index >= 15 is 0 Å². The van der Waals surface area contributed by atoms with Gasteiger partial charge in [-0.25, -0.2) is 24.6 Å². The van der Waals surface area contributed by atoms with E-state index < -0.39 is 0 Å². The molecule has 4 aromatic rings. The van der Waals surface area contributed by atoms with Gasteiger partial charge < -0.3 is 14.5 Å². The number of hydrogen-bond acceptors (Lipinski definition) is 7. The molecule has 2 aromatic heterocycles. The summed E-state index contributed by atoms with van der Waals surface area (Å²) in [6, 6.07) is 17.9. The van der Waals surface area contributed by atoms with Crippen molar-refractivity contribution in [2.75, 3.05) is 55.0 Å². The van der Waals surface area contributed by atoms with Gasteiger partial charge in [0.1, 0.15) is 17.4 Å². The molecule has 0 radical (unpaired) electrons. The second-order valence-electron chi connectivity index (χ2n) is 11.2. The highest BCUT2D eigenvalue weighted by Gasteiger charge is 2.40. The average molecular weight is 564 g/mol. The van der Waals surface area contributed by atoms with Crippen molar-refractivity contribution >= 4 is 29.0 Å². The second-order valence-corrected chi connectivity index (χ2v) is 11.2. The van der Waals surface area contributed by atoms with Crippen molar-refractivity contribution < 1.29 is 9.53 Å². The predicted molar refractivity (Wildman–Crippen MR) is 166 cm³/mol. The Morgan fingerprint density at radius 2 is 1.62 bits per heavy atom. The zero-order chi connectivity index (χ0) is 29.4. The third-order valence-electron chi connectivity index (χ3n) is 8.33. The van der Waals surface area contributed by atoms with E-state index in [2.05, 4.69) is 46.1 Å². The molecule has 0 bridgehead atoms. The lowest BCUT2D eigenvalue weighted by Gasteiger charge is -2.41. The van der Waals surface area contributed by atoms with Gasteiger partial charge in [-0.2, -0.15) is 0 Å². The summed E-state index contributed by atoms with van der Waals surface area (Å²) < 4.78 is 5.32. The summed E-state index contributed by atoms with van der Waals surface area (Å²) in [5, 5.41) is 0. The van der Waals surface area contributed by atoms with E-state index in [-0.39, 0.29) is 12.1 Å². The van der Waals surface area contributed by atoms with E-state index in [1.54, 1.807) is 30.3 Å². The van der Waals surface area contributed by atoms with Crippen LogP contribution in [0.25, 0.3) is 0 Å². The first-order valence-electron chi connectivity index (χ1n) is 14.4. The van der Waals surface area contributed by atoms with Crippen LogP contribution in [-0.4, -0.2) is 66.2 Å². The molecule has 4 heterocycles. The van der Waals surface area contributed by atoms with Crippen LogP contribution in [0.5, 0.6) is 5.75 Å². The predicted octanol–water partition coefficient (Wildman–Crippen LogP) is 5.68. The maximum Gasteiger partial charge on any atom is 0.336 e. The van der Waals surface area contributed by atoms with Gasteiger partial charge in [-0.05, 0) is 68.8 Å². The Labute approximate surface area is 247 Å². The number of rotatable bonds is 6. The Bertz CT molecular complexity index is 1560. The van der Waals surface area contributed by atoms with Gasteiger partial charge in [-0.3, -0.25) is 4.90 Å². The summed E-state index contributed by atoms with van der Waals surface area (Å²) in [4.78, 5) is 36.9. The number of likely N-dealkylation sites (N-methyl/N-ethyl adjacent to an activating group) is 1. The Morgan fingerprint density at radius 1 is 0.905 bits per heavy atom. The van der Waals surface area contributed by atoms with E-state index in [1.807, 2.05) is 50.1 Å². The van der Waals surface area contributed by atoms with Crippen LogP contribution >= 0.6 is 0 Å². The van der Waals surface area contributed by atoms with Crippen molar-refractivity contribution in [3.8, 4) is 5.75 Å². The first-order chi connectivity index (χ1) is 20.3. The summed E-state index contributed by atoms with van der Waals surface area (Å²) >= 11 is 0. The molecule has 1 saturated heterocycles.